The lowest BCUT2D eigenvalue weighted by atomic mass is 9.89. The van der Waals surface area contributed by atoms with E-state index in [1.807, 2.05) is 12.5 Å². The zero-order valence-electron chi connectivity index (χ0n) is 11.3. The van der Waals surface area contributed by atoms with Crippen LogP contribution in [0.2, 0.25) is 0 Å². The number of aromatic nitrogens is 2. The molecule has 0 unspecified atom stereocenters. The highest BCUT2D eigenvalue weighted by Gasteiger charge is 2.31. The Labute approximate surface area is 108 Å². The Morgan fingerprint density at radius 1 is 1.50 bits per heavy atom. The molecule has 1 saturated carbocycles. The fraction of sp³-hybridized carbons (Fsp3) is 0.769. The van der Waals surface area contributed by atoms with Crippen LogP contribution in [-0.2, 0) is 16.0 Å². The minimum atomic E-state index is 0.441. The molecule has 1 N–H and O–H groups in total. The van der Waals surface area contributed by atoms with E-state index in [0.717, 1.165) is 39.1 Å². The minimum Gasteiger partial charge on any atom is -0.383 e. The zero-order valence-corrected chi connectivity index (χ0v) is 11.3. The van der Waals surface area contributed by atoms with Crippen molar-refractivity contribution < 1.29 is 9.47 Å². The van der Waals surface area contributed by atoms with Crippen LogP contribution in [0.5, 0.6) is 0 Å². The van der Waals surface area contributed by atoms with Crippen LogP contribution >= 0.6 is 0 Å². The highest BCUT2D eigenvalue weighted by atomic mass is 16.5. The summed E-state index contributed by atoms with van der Waals surface area (Å²) in [5.74, 6) is 0. The molecular weight excluding hydrogens is 230 g/mol. The van der Waals surface area contributed by atoms with E-state index >= 15 is 0 Å². The molecule has 5 nitrogen and oxygen atoms in total. The number of nitrogens with one attached hydrogen (secondary N) is 1. The maximum Gasteiger partial charge on any atom is 0.0951 e. The summed E-state index contributed by atoms with van der Waals surface area (Å²) in [6, 6.07) is 0.559. The molecule has 0 radical (unpaired) electrons. The third kappa shape index (κ3) is 3.31. The second-order valence-electron chi connectivity index (χ2n) is 4.66. The Bertz CT molecular complexity index is 348. The molecule has 0 aromatic carbocycles. The average molecular weight is 253 g/mol. The van der Waals surface area contributed by atoms with Crippen LogP contribution in [0.25, 0.3) is 0 Å². The van der Waals surface area contributed by atoms with Crippen LogP contribution in [0.3, 0.4) is 0 Å². The molecule has 0 saturated heterocycles. The first-order valence-electron chi connectivity index (χ1n) is 6.67. The lowest BCUT2D eigenvalue weighted by molar-refractivity contribution is -0.0203. The highest BCUT2D eigenvalue weighted by Crippen LogP contribution is 2.35. The summed E-state index contributed by atoms with van der Waals surface area (Å²) >= 11 is 0. The van der Waals surface area contributed by atoms with Gasteiger partial charge in [0.25, 0.3) is 0 Å². The smallest absolute Gasteiger partial charge is 0.0951 e. The summed E-state index contributed by atoms with van der Waals surface area (Å²) in [6.45, 7) is 5.32. The summed E-state index contributed by atoms with van der Waals surface area (Å²) in [5, 5.41) is 3.35. The average Bonchev–Trinajstić information content (AvgIpc) is 2.77. The number of hydrogen-bond donors (Lipinski definition) is 1. The Kier molecular flexibility index (Phi) is 5.16. The molecule has 18 heavy (non-hydrogen) atoms. The third-order valence-electron chi connectivity index (χ3n) is 3.40. The van der Waals surface area contributed by atoms with E-state index in [2.05, 4.69) is 21.8 Å². The number of ether oxygens (including phenoxy) is 2. The van der Waals surface area contributed by atoms with Gasteiger partial charge in [-0.1, -0.05) is 0 Å². The molecule has 0 spiro atoms. The van der Waals surface area contributed by atoms with E-state index < -0.39 is 0 Å². The van der Waals surface area contributed by atoms with Crippen LogP contribution in [0.1, 0.15) is 31.5 Å². The topological polar surface area (TPSA) is 48.3 Å². The van der Waals surface area contributed by atoms with Crippen molar-refractivity contribution in [2.24, 2.45) is 0 Å². The van der Waals surface area contributed by atoms with Gasteiger partial charge in [0.05, 0.1) is 24.7 Å². The number of methoxy groups -OCH3 is 1. The van der Waals surface area contributed by atoms with Crippen LogP contribution in [0, 0.1) is 0 Å². The monoisotopic (exact) mass is 253 g/mol. The quantitative estimate of drug-likeness (QED) is 0.711. The molecule has 1 heterocycles. The Morgan fingerprint density at radius 2 is 2.33 bits per heavy atom. The fourth-order valence-electron chi connectivity index (χ4n) is 2.33. The van der Waals surface area contributed by atoms with Gasteiger partial charge in [-0.2, -0.15) is 0 Å². The van der Waals surface area contributed by atoms with Gasteiger partial charge in [-0.25, -0.2) is 4.98 Å². The van der Waals surface area contributed by atoms with Gasteiger partial charge in [0.2, 0.25) is 0 Å². The van der Waals surface area contributed by atoms with Gasteiger partial charge in [-0.05, 0) is 19.8 Å². The lowest BCUT2D eigenvalue weighted by Gasteiger charge is -2.36. The molecular formula is C13H23N3O2. The molecule has 2 rings (SSSR count). The normalized spacial score (nSPS) is 23.0. The minimum absolute atomic E-state index is 0.441. The van der Waals surface area contributed by atoms with Gasteiger partial charge >= 0.3 is 0 Å². The summed E-state index contributed by atoms with van der Waals surface area (Å²) in [4.78, 5) is 4.25. The first kappa shape index (κ1) is 13.5. The Balaban J connectivity index is 1.78. The first-order valence-corrected chi connectivity index (χ1v) is 6.67. The van der Waals surface area contributed by atoms with Gasteiger partial charge < -0.3 is 19.4 Å². The number of imidazole rings is 1. The van der Waals surface area contributed by atoms with Crippen molar-refractivity contribution in [1.29, 1.82) is 0 Å². The lowest BCUT2D eigenvalue weighted by Crippen LogP contribution is -2.34. The van der Waals surface area contributed by atoms with E-state index in [1.54, 1.807) is 7.11 Å². The van der Waals surface area contributed by atoms with Crippen LogP contribution in [-0.4, -0.2) is 42.5 Å². The predicted molar refractivity (Wildman–Crippen MR) is 69.5 cm³/mol. The van der Waals surface area contributed by atoms with Crippen LogP contribution in [0.4, 0.5) is 0 Å². The molecule has 1 aromatic heterocycles. The SMILES string of the molecule is CCOC1CC(n2cncc2CNCCOC)C1. The fourth-order valence-corrected chi connectivity index (χ4v) is 2.33. The van der Waals surface area contributed by atoms with E-state index in [-0.39, 0.29) is 0 Å². The van der Waals surface area contributed by atoms with Crippen molar-refractivity contribution in [3.05, 3.63) is 18.2 Å². The molecule has 0 bridgehead atoms. The van der Waals surface area contributed by atoms with Crippen LogP contribution in [0.15, 0.2) is 12.5 Å². The maximum atomic E-state index is 5.59. The van der Waals surface area contributed by atoms with E-state index in [9.17, 15) is 0 Å². The summed E-state index contributed by atoms with van der Waals surface area (Å²) < 4.78 is 12.9. The van der Waals surface area contributed by atoms with Gasteiger partial charge in [-0.3, -0.25) is 0 Å². The number of hydrogen-bond acceptors (Lipinski definition) is 4. The Morgan fingerprint density at radius 3 is 3.06 bits per heavy atom. The molecule has 0 amide bonds. The zero-order chi connectivity index (χ0) is 12.8. The van der Waals surface area contributed by atoms with E-state index in [1.165, 1.54) is 5.69 Å². The van der Waals surface area contributed by atoms with Crippen molar-refractivity contribution in [3.63, 3.8) is 0 Å². The highest BCUT2D eigenvalue weighted by molar-refractivity contribution is 5.03. The molecule has 1 aliphatic carbocycles. The number of nitrogens with zero attached hydrogens (tertiary/aromatic N) is 2. The standard InChI is InChI=1S/C13H23N3O2/c1-3-18-13-6-11(7-13)16-10-15-9-12(16)8-14-4-5-17-2/h9-11,13-14H,3-8H2,1-2H3. The molecule has 5 heteroatoms. The second-order valence-corrected chi connectivity index (χ2v) is 4.66. The van der Waals surface area contributed by atoms with Gasteiger partial charge in [0.1, 0.15) is 0 Å². The van der Waals surface area contributed by atoms with Crippen molar-refractivity contribution >= 4 is 0 Å². The van der Waals surface area contributed by atoms with E-state index in [4.69, 9.17) is 9.47 Å². The van der Waals surface area contributed by atoms with Crippen LogP contribution < -0.4 is 5.32 Å². The Hall–Kier alpha value is -0.910. The summed E-state index contributed by atoms with van der Waals surface area (Å²) in [7, 11) is 1.72. The third-order valence-corrected chi connectivity index (χ3v) is 3.40. The molecule has 1 fully saturated rings. The molecule has 102 valence electrons. The summed E-state index contributed by atoms with van der Waals surface area (Å²) in [5.41, 5.74) is 1.24. The van der Waals surface area contributed by atoms with E-state index in [0.29, 0.717) is 12.1 Å². The maximum absolute atomic E-state index is 5.59. The molecule has 0 aliphatic heterocycles. The largest absolute Gasteiger partial charge is 0.383 e. The van der Waals surface area contributed by atoms with Crippen molar-refractivity contribution in [1.82, 2.24) is 14.9 Å². The van der Waals surface area contributed by atoms with Gasteiger partial charge in [0, 0.05) is 39.0 Å². The predicted octanol–water partition coefficient (Wildman–Crippen LogP) is 1.36. The molecule has 1 aromatic rings. The van der Waals surface area contributed by atoms with Crippen molar-refractivity contribution in [2.75, 3.05) is 26.9 Å². The van der Waals surface area contributed by atoms with Gasteiger partial charge in [0.15, 0.2) is 0 Å². The van der Waals surface area contributed by atoms with Crippen molar-refractivity contribution in [3.8, 4) is 0 Å². The molecule has 1 aliphatic rings. The number of rotatable bonds is 8. The second kappa shape index (κ2) is 6.87. The first-order chi connectivity index (χ1) is 8.85. The van der Waals surface area contributed by atoms with Gasteiger partial charge in [-0.15, -0.1) is 0 Å². The summed E-state index contributed by atoms with van der Waals surface area (Å²) in [6.07, 6.45) is 6.52. The van der Waals surface area contributed by atoms with Crippen molar-refractivity contribution in [2.45, 2.75) is 38.5 Å². The molecule has 0 atom stereocenters.